The van der Waals surface area contributed by atoms with Gasteiger partial charge in [0.1, 0.15) is 10.8 Å². The van der Waals surface area contributed by atoms with Crippen molar-refractivity contribution in [2.24, 2.45) is 5.92 Å². The van der Waals surface area contributed by atoms with Crippen LogP contribution < -0.4 is 10.6 Å². The molecule has 2 aromatic rings. The van der Waals surface area contributed by atoms with Crippen molar-refractivity contribution in [3.63, 3.8) is 0 Å². The fourth-order valence-electron chi connectivity index (χ4n) is 4.72. The third-order valence-corrected chi connectivity index (χ3v) is 6.83. The number of anilines is 1. The lowest BCUT2D eigenvalue weighted by Crippen LogP contribution is -2.37. The van der Waals surface area contributed by atoms with Gasteiger partial charge in [0.25, 0.3) is 0 Å². The first-order chi connectivity index (χ1) is 17.2. The molecule has 3 heterocycles. The maximum absolute atomic E-state index is 12.0. The van der Waals surface area contributed by atoms with E-state index in [4.69, 9.17) is 26.1 Å². The Bertz CT molecular complexity index is 997. The molecule has 2 N–H and O–H groups in total. The zero-order valence-electron chi connectivity index (χ0n) is 21.6. The second kappa shape index (κ2) is 12.2. The third kappa shape index (κ3) is 8.05. The number of nitrogens with zero attached hydrogens (tertiary/aromatic N) is 3. The lowest BCUT2D eigenvalue weighted by Gasteiger charge is -2.30. The van der Waals surface area contributed by atoms with Gasteiger partial charge in [-0.05, 0) is 70.1 Å². The van der Waals surface area contributed by atoms with E-state index in [1.54, 1.807) is 6.20 Å². The van der Waals surface area contributed by atoms with Crippen molar-refractivity contribution < 1.29 is 14.3 Å². The molecular weight excluding hydrogens is 478 g/mol. The molecule has 0 radical (unpaired) electrons. The molecule has 4 rings (SSSR count). The van der Waals surface area contributed by atoms with Crippen LogP contribution in [0.5, 0.6) is 0 Å². The summed E-state index contributed by atoms with van der Waals surface area (Å²) in [6.45, 7) is 10.6. The number of nitrogens with one attached hydrogen (secondary N) is 2. The minimum absolute atomic E-state index is 0.334. The summed E-state index contributed by atoms with van der Waals surface area (Å²) in [6, 6.07) is 6.42. The topological polar surface area (TPSA) is 88.6 Å². The van der Waals surface area contributed by atoms with Gasteiger partial charge in [-0.1, -0.05) is 17.7 Å². The standard InChI is InChI=1S/C27H38ClN5O3/c1-27(2,3)36-26(34)31-15-19-4-7-21(8-5-19)32-24-14-25(28)30-17-22(24)23-9-6-20(16-29-23)18-33-10-12-35-13-11-33/h6,9,14,16-17,19,21H,4-5,7-8,10-13,15,18H2,1-3H3,(H,30,32)(H,31,34). The Kier molecular flexibility index (Phi) is 9.04. The predicted molar refractivity (Wildman–Crippen MR) is 142 cm³/mol. The maximum Gasteiger partial charge on any atom is 0.407 e. The molecule has 0 bridgehead atoms. The lowest BCUT2D eigenvalue weighted by atomic mass is 9.86. The number of amides is 1. The average molecular weight is 516 g/mol. The van der Waals surface area contributed by atoms with E-state index < -0.39 is 5.60 Å². The van der Waals surface area contributed by atoms with E-state index in [9.17, 15) is 4.79 Å². The minimum Gasteiger partial charge on any atom is -0.444 e. The summed E-state index contributed by atoms with van der Waals surface area (Å²) in [5, 5.41) is 7.06. The number of carbonyl (C=O) groups is 1. The summed E-state index contributed by atoms with van der Waals surface area (Å²) in [7, 11) is 0. The Balaban J connectivity index is 1.32. The van der Waals surface area contributed by atoms with Crippen molar-refractivity contribution in [2.75, 3.05) is 38.2 Å². The van der Waals surface area contributed by atoms with Gasteiger partial charge in [-0.15, -0.1) is 0 Å². The smallest absolute Gasteiger partial charge is 0.407 e. The largest absolute Gasteiger partial charge is 0.444 e. The van der Waals surface area contributed by atoms with Crippen LogP contribution in [0.15, 0.2) is 30.6 Å². The first-order valence-corrected chi connectivity index (χ1v) is 13.3. The van der Waals surface area contributed by atoms with E-state index in [2.05, 4.69) is 32.7 Å². The second-order valence-corrected chi connectivity index (χ2v) is 11.1. The van der Waals surface area contributed by atoms with Gasteiger partial charge in [0.05, 0.1) is 18.9 Å². The van der Waals surface area contributed by atoms with Crippen LogP contribution in [0, 0.1) is 5.92 Å². The number of rotatable bonds is 7. The molecule has 9 heteroatoms. The number of halogens is 1. The summed E-state index contributed by atoms with van der Waals surface area (Å²) < 4.78 is 10.8. The molecule has 2 fully saturated rings. The zero-order valence-corrected chi connectivity index (χ0v) is 22.3. The number of alkyl carbamates (subject to hydrolysis) is 1. The van der Waals surface area contributed by atoms with Gasteiger partial charge in [0.15, 0.2) is 0 Å². The van der Waals surface area contributed by atoms with Gasteiger partial charge >= 0.3 is 6.09 Å². The Hall–Kier alpha value is -2.42. The first kappa shape index (κ1) is 26.6. The molecule has 1 amide bonds. The number of hydrogen-bond donors (Lipinski definition) is 2. The van der Waals surface area contributed by atoms with Gasteiger partial charge in [-0.3, -0.25) is 9.88 Å². The van der Waals surface area contributed by atoms with Gasteiger partial charge in [-0.25, -0.2) is 9.78 Å². The van der Waals surface area contributed by atoms with E-state index in [1.165, 1.54) is 5.56 Å². The molecule has 0 spiro atoms. The molecule has 1 saturated carbocycles. The van der Waals surface area contributed by atoms with Crippen molar-refractivity contribution in [3.05, 3.63) is 41.3 Å². The monoisotopic (exact) mass is 515 g/mol. The molecular formula is C27H38ClN5O3. The Morgan fingerprint density at radius 3 is 2.56 bits per heavy atom. The SMILES string of the molecule is CC(C)(C)OC(=O)NCC1CCC(Nc2cc(Cl)ncc2-c2ccc(CN3CCOCC3)cn2)CC1. The van der Waals surface area contributed by atoms with Gasteiger partial charge in [-0.2, -0.15) is 0 Å². The van der Waals surface area contributed by atoms with Gasteiger partial charge in [0, 0.05) is 55.9 Å². The number of carbonyl (C=O) groups excluding carboxylic acids is 1. The van der Waals surface area contributed by atoms with Gasteiger partial charge < -0.3 is 20.1 Å². The van der Waals surface area contributed by atoms with E-state index in [-0.39, 0.29) is 6.09 Å². The van der Waals surface area contributed by atoms with Crippen molar-refractivity contribution in [1.29, 1.82) is 0 Å². The highest BCUT2D eigenvalue weighted by atomic mass is 35.5. The molecule has 0 atom stereocenters. The number of ether oxygens (including phenoxy) is 2. The van der Waals surface area contributed by atoms with E-state index >= 15 is 0 Å². The highest BCUT2D eigenvalue weighted by Gasteiger charge is 2.24. The van der Waals surface area contributed by atoms with Crippen LogP contribution >= 0.6 is 11.6 Å². The quantitative estimate of drug-likeness (QED) is 0.494. The third-order valence-electron chi connectivity index (χ3n) is 6.62. The number of aromatic nitrogens is 2. The minimum atomic E-state index is -0.479. The van der Waals surface area contributed by atoms with Crippen LogP contribution in [0.2, 0.25) is 5.15 Å². The van der Waals surface area contributed by atoms with Crippen LogP contribution in [0.1, 0.15) is 52.0 Å². The molecule has 0 aromatic carbocycles. The van der Waals surface area contributed by atoms with Gasteiger partial charge in [0.2, 0.25) is 0 Å². The Labute approximate surface area is 219 Å². The number of morpholine rings is 1. The fourth-order valence-corrected chi connectivity index (χ4v) is 4.88. The number of hydrogen-bond acceptors (Lipinski definition) is 7. The Morgan fingerprint density at radius 1 is 1.14 bits per heavy atom. The molecule has 1 saturated heterocycles. The van der Waals surface area contributed by atoms with Crippen LogP contribution in [0.4, 0.5) is 10.5 Å². The number of pyridine rings is 2. The molecule has 1 aliphatic heterocycles. The fraction of sp³-hybridized carbons (Fsp3) is 0.593. The van der Waals surface area contributed by atoms with Crippen molar-refractivity contribution in [3.8, 4) is 11.3 Å². The van der Waals surface area contributed by atoms with Crippen LogP contribution in [0.25, 0.3) is 11.3 Å². The van der Waals surface area contributed by atoms with Crippen LogP contribution in [-0.4, -0.2) is 65.5 Å². The first-order valence-electron chi connectivity index (χ1n) is 12.9. The van der Waals surface area contributed by atoms with E-state index in [0.29, 0.717) is 23.7 Å². The highest BCUT2D eigenvalue weighted by molar-refractivity contribution is 6.29. The van der Waals surface area contributed by atoms with Crippen molar-refractivity contribution in [2.45, 2.75) is 64.6 Å². The summed E-state index contributed by atoms with van der Waals surface area (Å²) in [5.74, 6) is 0.455. The van der Waals surface area contributed by atoms with Crippen molar-refractivity contribution in [1.82, 2.24) is 20.2 Å². The van der Waals surface area contributed by atoms with Crippen LogP contribution in [0.3, 0.4) is 0 Å². The molecule has 2 aromatic heterocycles. The maximum atomic E-state index is 12.0. The highest BCUT2D eigenvalue weighted by Crippen LogP contribution is 2.32. The van der Waals surface area contributed by atoms with Crippen molar-refractivity contribution >= 4 is 23.4 Å². The lowest BCUT2D eigenvalue weighted by molar-refractivity contribution is 0.0341. The average Bonchev–Trinajstić information content (AvgIpc) is 2.84. The normalized spacial score (nSPS) is 21.1. The predicted octanol–water partition coefficient (Wildman–Crippen LogP) is 5.12. The summed E-state index contributed by atoms with van der Waals surface area (Å²) in [5.41, 5.74) is 3.50. The molecule has 8 nitrogen and oxygen atoms in total. The molecule has 36 heavy (non-hydrogen) atoms. The zero-order chi connectivity index (χ0) is 25.5. The summed E-state index contributed by atoms with van der Waals surface area (Å²) in [6.07, 6.45) is 7.52. The summed E-state index contributed by atoms with van der Waals surface area (Å²) >= 11 is 6.26. The summed E-state index contributed by atoms with van der Waals surface area (Å²) in [4.78, 5) is 23.4. The molecule has 0 unspecified atom stereocenters. The van der Waals surface area contributed by atoms with Crippen LogP contribution in [-0.2, 0) is 16.0 Å². The molecule has 1 aliphatic carbocycles. The van der Waals surface area contributed by atoms with E-state index in [0.717, 1.165) is 75.5 Å². The Morgan fingerprint density at radius 2 is 1.89 bits per heavy atom. The molecule has 2 aliphatic rings. The van der Waals surface area contributed by atoms with E-state index in [1.807, 2.05) is 33.0 Å². The second-order valence-electron chi connectivity index (χ2n) is 10.7. The molecule has 196 valence electrons.